The summed E-state index contributed by atoms with van der Waals surface area (Å²) in [4.78, 5) is 21.5. The number of hydrogen-bond acceptors (Lipinski definition) is 9. The van der Waals surface area contributed by atoms with Gasteiger partial charge in [-0.1, -0.05) is 6.07 Å². The summed E-state index contributed by atoms with van der Waals surface area (Å²) in [5, 5.41) is 4.33. The van der Waals surface area contributed by atoms with Gasteiger partial charge in [-0.3, -0.25) is 4.90 Å². The Morgan fingerprint density at radius 3 is 2.79 bits per heavy atom. The maximum absolute atomic E-state index is 6.60. The fourth-order valence-corrected chi connectivity index (χ4v) is 4.78. The molecule has 9 nitrogen and oxygen atoms in total. The van der Waals surface area contributed by atoms with Crippen molar-refractivity contribution in [3.05, 3.63) is 70.3 Å². The molecule has 0 fully saturated rings. The number of rotatable bonds is 5. The van der Waals surface area contributed by atoms with Gasteiger partial charge in [0.1, 0.15) is 11.5 Å². The number of likely N-dealkylation sites (N-methyl/N-ethyl adjacent to an activating group) is 1. The van der Waals surface area contributed by atoms with Gasteiger partial charge in [0.25, 0.3) is 0 Å². The number of anilines is 1. The summed E-state index contributed by atoms with van der Waals surface area (Å²) in [6.07, 6.45) is 7.27. The average Bonchev–Trinajstić information content (AvgIpc) is 3.40. The lowest BCUT2D eigenvalue weighted by Crippen LogP contribution is -2.48. The van der Waals surface area contributed by atoms with Gasteiger partial charge >= 0.3 is 0 Å². The molecule has 0 amide bonds. The molecular weight excluding hydrogens is 438 g/mol. The Hall–Kier alpha value is -3.50. The third-order valence-electron chi connectivity index (χ3n) is 5.37. The maximum Gasteiger partial charge on any atom is 0.248 e. The largest absolute Gasteiger partial charge is 0.479 e. The topological polar surface area (TPSA) is 90.2 Å². The number of imidazole rings is 1. The van der Waals surface area contributed by atoms with Gasteiger partial charge in [0.15, 0.2) is 5.01 Å². The molecular formula is C23H25N7O2S. The fourth-order valence-electron chi connectivity index (χ4n) is 3.94. The van der Waals surface area contributed by atoms with Crippen LogP contribution in [0.3, 0.4) is 0 Å². The van der Waals surface area contributed by atoms with E-state index in [2.05, 4.69) is 32.2 Å². The van der Waals surface area contributed by atoms with Crippen LogP contribution in [0.4, 0.5) is 5.82 Å². The second kappa shape index (κ2) is 8.45. The Balaban J connectivity index is 1.58. The summed E-state index contributed by atoms with van der Waals surface area (Å²) in [5.41, 5.74) is 1.76. The van der Waals surface area contributed by atoms with Crippen LogP contribution >= 0.6 is 11.3 Å². The van der Waals surface area contributed by atoms with Gasteiger partial charge in [0, 0.05) is 35.6 Å². The molecule has 0 spiro atoms. The molecule has 33 heavy (non-hydrogen) atoms. The molecule has 1 aliphatic rings. The van der Waals surface area contributed by atoms with E-state index in [1.807, 2.05) is 55.1 Å². The highest BCUT2D eigenvalue weighted by Crippen LogP contribution is 2.37. The minimum atomic E-state index is -0.974. The highest BCUT2D eigenvalue weighted by atomic mass is 32.1. The number of methoxy groups -OCH3 is 1. The van der Waals surface area contributed by atoms with E-state index in [-0.39, 0.29) is 0 Å². The van der Waals surface area contributed by atoms with Crippen molar-refractivity contribution in [2.75, 3.05) is 26.0 Å². The van der Waals surface area contributed by atoms with Crippen LogP contribution in [-0.4, -0.2) is 50.1 Å². The molecule has 0 saturated carbocycles. The summed E-state index contributed by atoms with van der Waals surface area (Å²) in [6.45, 7) is 5.23. The van der Waals surface area contributed by atoms with Crippen molar-refractivity contribution in [1.29, 1.82) is 0 Å². The number of pyridine rings is 2. The number of hydrogen-bond donors (Lipinski definition) is 1. The third-order valence-corrected chi connectivity index (χ3v) is 6.43. The predicted octanol–water partition coefficient (Wildman–Crippen LogP) is 3.53. The van der Waals surface area contributed by atoms with Crippen molar-refractivity contribution in [2.45, 2.75) is 26.1 Å². The molecule has 1 aliphatic heterocycles. The Kier molecular flexibility index (Phi) is 5.47. The van der Waals surface area contributed by atoms with Crippen molar-refractivity contribution in [3.63, 3.8) is 0 Å². The molecule has 0 radical (unpaired) electrons. The van der Waals surface area contributed by atoms with Crippen LogP contribution in [0, 0.1) is 13.8 Å². The standard InChI is InChI=1S/C23H25N7O2S/c1-15-11-30(14-26-15)18-7-8-19(27-21(18)31-4)28-23(22-25-10-16(2)33-22)13-29(3)12-17-6-5-9-24-20(17)32-23/h5-11,14H,12-13H2,1-4H3,(H,27,28). The smallest absolute Gasteiger partial charge is 0.248 e. The van der Waals surface area contributed by atoms with Crippen LogP contribution in [0.2, 0.25) is 0 Å². The Bertz CT molecular complexity index is 1290. The van der Waals surface area contributed by atoms with E-state index in [9.17, 15) is 0 Å². The molecule has 4 aromatic heterocycles. The molecule has 4 aromatic rings. The van der Waals surface area contributed by atoms with E-state index in [0.29, 0.717) is 30.7 Å². The number of nitrogens with zero attached hydrogens (tertiary/aromatic N) is 6. The first-order chi connectivity index (χ1) is 16.0. The molecule has 1 N–H and O–H groups in total. The molecule has 1 atom stereocenters. The van der Waals surface area contributed by atoms with Gasteiger partial charge < -0.3 is 19.4 Å². The van der Waals surface area contributed by atoms with Crippen LogP contribution in [0.25, 0.3) is 5.69 Å². The van der Waals surface area contributed by atoms with Crippen molar-refractivity contribution in [3.8, 4) is 17.4 Å². The minimum Gasteiger partial charge on any atom is -0.479 e. The number of aryl methyl sites for hydroxylation is 2. The lowest BCUT2D eigenvalue weighted by Gasteiger charge is -2.34. The van der Waals surface area contributed by atoms with Crippen molar-refractivity contribution in [2.24, 2.45) is 0 Å². The highest BCUT2D eigenvalue weighted by molar-refractivity contribution is 7.11. The third kappa shape index (κ3) is 4.14. The van der Waals surface area contributed by atoms with Gasteiger partial charge in [0.2, 0.25) is 17.5 Å². The zero-order chi connectivity index (χ0) is 23.0. The second-order valence-corrected chi connectivity index (χ2v) is 9.35. The molecule has 0 aromatic carbocycles. The van der Waals surface area contributed by atoms with Gasteiger partial charge in [-0.05, 0) is 39.1 Å². The van der Waals surface area contributed by atoms with E-state index >= 15 is 0 Å². The molecule has 5 heterocycles. The zero-order valence-corrected chi connectivity index (χ0v) is 19.8. The first kappa shape index (κ1) is 21.4. The predicted molar refractivity (Wildman–Crippen MR) is 126 cm³/mol. The van der Waals surface area contributed by atoms with Gasteiger partial charge in [-0.2, -0.15) is 4.98 Å². The normalized spacial score (nSPS) is 18.3. The van der Waals surface area contributed by atoms with E-state index < -0.39 is 5.72 Å². The van der Waals surface area contributed by atoms with Crippen LogP contribution in [0.15, 0.2) is 49.2 Å². The Morgan fingerprint density at radius 1 is 1.18 bits per heavy atom. The van der Waals surface area contributed by atoms with Crippen molar-refractivity contribution < 1.29 is 9.47 Å². The van der Waals surface area contributed by atoms with Crippen molar-refractivity contribution >= 4 is 17.2 Å². The lowest BCUT2D eigenvalue weighted by atomic mass is 10.2. The van der Waals surface area contributed by atoms with E-state index in [1.54, 1.807) is 31.0 Å². The summed E-state index contributed by atoms with van der Waals surface area (Å²) < 4.78 is 14.1. The molecule has 170 valence electrons. The summed E-state index contributed by atoms with van der Waals surface area (Å²) in [5.74, 6) is 1.66. The van der Waals surface area contributed by atoms with Crippen molar-refractivity contribution in [1.82, 2.24) is 29.4 Å². The quantitative estimate of drug-likeness (QED) is 0.481. The number of aromatic nitrogens is 5. The van der Waals surface area contributed by atoms with E-state index in [1.165, 1.54) is 0 Å². The Morgan fingerprint density at radius 2 is 2.06 bits per heavy atom. The van der Waals surface area contributed by atoms with Crippen LogP contribution in [-0.2, 0) is 12.3 Å². The highest BCUT2D eigenvalue weighted by Gasteiger charge is 2.42. The summed E-state index contributed by atoms with van der Waals surface area (Å²) in [7, 11) is 3.66. The number of ether oxygens (including phenoxy) is 2. The zero-order valence-electron chi connectivity index (χ0n) is 18.9. The maximum atomic E-state index is 6.60. The van der Waals surface area contributed by atoms with Gasteiger partial charge in [0.05, 0.1) is 25.7 Å². The first-order valence-electron chi connectivity index (χ1n) is 10.5. The van der Waals surface area contributed by atoms with Gasteiger partial charge in [-0.15, -0.1) is 11.3 Å². The van der Waals surface area contributed by atoms with Crippen LogP contribution in [0.1, 0.15) is 21.1 Å². The molecule has 0 bridgehead atoms. The average molecular weight is 464 g/mol. The van der Waals surface area contributed by atoms with Crippen LogP contribution < -0.4 is 14.8 Å². The monoisotopic (exact) mass is 463 g/mol. The summed E-state index contributed by atoms with van der Waals surface area (Å²) >= 11 is 1.59. The number of thiazole rings is 1. The minimum absolute atomic E-state index is 0.475. The molecule has 1 unspecified atom stereocenters. The SMILES string of the molecule is COc1nc(NC2(c3ncc(C)s3)CN(C)Cc3cccnc3O2)ccc1-n1cnc(C)c1. The molecule has 10 heteroatoms. The summed E-state index contributed by atoms with van der Waals surface area (Å²) in [6, 6.07) is 7.81. The lowest BCUT2D eigenvalue weighted by molar-refractivity contribution is 0.0641. The fraction of sp³-hybridized carbons (Fsp3) is 0.304. The number of fused-ring (bicyclic) bond motifs is 1. The van der Waals surface area contributed by atoms with Crippen LogP contribution in [0.5, 0.6) is 11.8 Å². The Labute approximate surface area is 196 Å². The molecule has 0 aliphatic carbocycles. The number of nitrogens with one attached hydrogen (secondary N) is 1. The molecule has 0 saturated heterocycles. The van der Waals surface area contributed by atoms with E-state index in [0.717, 1.165) is 26.8 Å². The van der Waals surface area contributed by atoms with Gasteiger partial charge in [-0.25, -0.2) is 15.0 Å². The first-order valence-corrected chi connectivity index (χ1v) is 11.4. The van der Waals surface area contributed by atoms with E-state index in [4.69, 9.17) is 14.5 Å². The molecule has 5 rings (SSSR count). The second-order valence-electron chi connectivity index (χ2n) is 8.12.